The average molecular weight is 295 g/mol. The summed E-state index contributed by atoms with van der Waals surface area (Å²) in [6.07, 6.45) is 0.970. The van der Waals surface area contributed by atoms with E-state index in [-0.39, 0.29) is 6.04 Å². The molecule has 0 bridgehead atoms. The van der Waals surface area contributed by atoms with Crippen LogP contribution < -0.4 is 5.32 Å². The zero-order valence-electron chi connectivity index (χ0n) is 12.0. The molecule has 20 heavy (non-hydrogen) atoms. The fourth-order valence-corrected chi connectivity index (χ4v) is 3.48. The lowest BCUT2D eigenvalue weighted by molar-refractivity contribution is 0.560. The molecule has 1 N–H and O–H groups in total. The van der Waals surface area contributed by atoms with E-state index < -0.39 is 11.6 Å². The number of hydrogen-bond donors (Lipinski definition) is 1. The van der Waals surface area contributed by atoms with Crippen LogP contribution in [0.1, 0.15) is 40.3 Å². The number of aryl methyl sites for hydroxylation is 2. The van der Waals surface area contributed by atoms with E-state index in [1.165, 1.54) is 17.0 Å². The quantitative estimate of drug-likeness (QED) is 0.840. The first-order valence-electron chi connectivity index (χ1n) is 6.77. The number of benzene rings is 1. The molecule has 0 amide bonds. The van der Waals surface area contributed by atoms with Crippen molar-refractivity contribution in [1.82, 2.24) is 5.32 Å². The van der Waals surface area contributed by atoms with E-state index in [0.29, 0.717) is 5.56 Å². The van der Waals surface area contributed by atoms with Gasteiger partial charge in [0, 0.05) is 15.8 Å². The van der Waals surface area contributed by atoms with Crippen LogP contribution in [-0.4, -0.2) is 6.54 Å². The lowest BCUT2D eigenvalue weighted by Crippen LogP contribution is -2.23. The SMILES string of the molecule is CCCNC(c1cc(F)cc(F)c1)c1sc(C)cc1C. The minimum Gasteiger partial charge on any atom is -0.306 e. The molecule has 1 heterocycles. The first-order chi connectivity index (χ1) is 9.51. The highest BCUT2D eigenvalue weighted by molar-refractivity contribution is 7.12. The Morgan fingerprint density at radius 1 is 1.10 bits per heavy atom. The third-order valence-electron chi connectivity index (χ3n) is 3.16. The molecule has 2 aromatic rings. The first kappa shape index (κ1) is 15.1. The maximum atomic E-state index is 13.5. The summed E-state index contributed by atoms with van der Waals surface area (Å²) >= 11 is 1.67. The third kappa shape index (κ3) is 3.44. The molecule has 108 valence electrons. The van der Waals surface area contributed by atoms with E-state index >= 15 is 0 Å². The van der Waals surface area contributed by atoms with Crippen molar-refractivity contribution in [3.8, 4) is 0 Å². The summed E-state index contributed by atoms with van der Waals surface area (Å²) in [5.74, 6) is -1.07. The van der Waals surface area contributed by atoms with Crippen molar-refractivity contribution in [3.63, 3.8) is 0 Å². The van der Waals surface area contributed by atoms with Gasteiger partial charge in [-0.15, -0.1) is 11.3 Å². The monoisotopic (exact) mass is 295 g/mol. The number of hydrogen-bond acceptors (Lipinski definition) is 2. The molecule has 2 rings (SSSR count). The van der Waals surface area contributed by atoms with Gasteiger partial charge in [0.1, 0.15) is 11.6 Å². The Bertz CT molecular complexity index is 572. The molecule has 1 unspecified atom stereocenters. The Balaban J connectivity index is 2.43. The normalized spacial score (nSPS) is 12.7. The number of halogens is 2. The topological polar surface area (TPSA) is 12.0 Å². The predicted octanol–water partition coefficient (Wildman–Crippen LogP) is 4.73. The van der Waals surface area contributed by atoms with Crippen molar-refractivity contribution in [1.29, 1.82) is 0 Å². The van der Waals surface area contributed by atoms with Crippen LogP contribution in [0, 0.1) is 25.5 Å². The van der Waals surface area contributed by atoms with Crippen LogP contribution >= 0.6 is 11.3 Å². The van der Waals surface area contributed by atoms with Crippen molar-refractivity contribution >= 4 is 11.3 Å². The highest BCUT2D eigenvalue weighted by Crippen LogP contribution is 2.32. The van der Waals surface area contributed by atoms with E-state index in [4.69, 9.17) is 0 Å². The van der Waals surface area contributed by atoms with Gasteiger partial charge < -0.3 is 5.32 Å². The summed E-state index contributed by atoms with van der Waals surface area (Å²) in [5.41, 5.74) is 1.80. The van der Waals surface area contributed by atoms with Gasteiger partial charge in [-0.25, -0.2) is 8.78 Å². The maximum absolute atomic E-state index is 13.5. The molecule has 1 nitrogen and oxygen atoms in total. The zero-order valence-corrected chi connectivity index (χ0v) is 12.8. The van der Waals surface area contributed by atoms with E-state index in [0.717, 1.165) is 29.5 Å². The molecule has 1 aromatic carbocycles. The lowest BCUT2D eigenvalue weighted by atomic mass is 10.0. The van der Waals surface area contributed by atoms with Crippen molar-refractivity contribution in [2.45, 2.75) is 33.2 Å². The molecule has 0 aliphatic rings. The number of nitrogens with one attached hydrogen (secondary N) is 1. The van der Waals surface area contributed by atoms with Crippen LogP contribution in [0.15, 0.2) is 24.3 Å². The molecule has 0 aliphatic heterocycles. The van der Waals surface area contributed by atoms with Crippen molar-refractivity contribution in [2.75, 3.05) is 6.54 Å². The third-order valence-corrected chi connectivity index (χ3v) is 4.38. The van der Waals surface area contributed by atoms with Gasteiger partial charge in [-0.3, -0.25) is 0 Å². The van der Waals surface area contributed by atoms with Gasteiger partial charge in [0.05, 0.1) is 6.04 Å². The molecule has 0 radical (unpaired) electrons. The van der Waals surface area contributed by atoms with Crippen molar-refractivity contribution in [3.05, 3.63) is 56.8 Å². The van der Waals surface area contributed by atoms with E-state index in [1.807, 2.05) is 13.8 Å². The fourth-order valence-electron chi connectivity index (χ4n) is 2.34. The van der Waals surface area contributed by atoms with Crippen LogP contribution in [0.3, 0.4) is 0 Å². The standard InChI is InChI=1S/C16H19F2NS/c1-4-5-19-15(16-10(2)6-11(3)20-16)12-7-13(17)9-14(18)8-12/h6-9,15,19H,4-5H2,1-3H3. The molecule has 0 saturated heterocycles. The smallest absolute Gasteiger partial charge is 0.126 e. The molecule has 1 atom stereocenters. The Hall–Kier alpha value is -1.26. The molecule has 0 fully saturated rings. The Labute approximate surface area is 122 Å². The average Bonchev–Trinajstić information content (AvgIpc) is 2.68. The Morgan fingerprint density at radius 3 is 2.25 bits per heavy atom. The van der Waals surface area contributed by atoms with Crippen LogP contribution in [-0.2, 0) is 0 Å². The predicted molar refractivity (Wildman–Crippen MR) is 80.3 cm³/mol. The van der Waals surface area contributed by atoms with Gasteiger partial charge in [-0.1, -0.05) is 6.92 Å². The number of thiophene rings is 1. The van der Waals surface area contributed by atoms with Gasteiger partial charge in [0.25, 0.3) is 0 Å². The van der Waals surface area contributed by atoms with Gasteiger partial charge in [0.2, 0.25) is 0 Å². The van der Waals surface area contributed by atoms with Crippen LogP contribution in [0.5, 0.6) is 0 Å². The molecular formula is C16H19F2NS. The maximum Gasteiger partial charge on any atom is 0.126 e. The van der Waals surface area contributed by atoms with E-state index in [2.05, 4.69) is 18.3 Å². The minimum absolute atomic E-state index is 0.154. The number of rotatable bonds is 5. The second kappa shape index (κ2) is 6.46. The van der Waals surface area contributed by atoms with Crippen LogP contribution in [0.4, 0.5) is 8.78 Å². The largest absolute Gasteiger partial charge is 0.306 e. The molecular weight excluding hydrogens is 276 g/mol. The fraction of sp³-hybridized carbons (Fsp3) is 0.375. The molecule has 0 saturated carbocycles. The Morgan fingerprint density at radius 2 is 1.75 bits per heavy atom. The summed E-state index contributed by atoms with van der Waals surface area (Å²) in [4.78, 5) is 2.33. The van der Waals surface area contributed by atoms with Gasteiger partial charge in [-0.05, 0) is 56.1 Å². The molecule has 0 spiro atoms. The van der Waals surface area contributed by atoms with Crippen LogP contribution in [0.2, 0.25) is 0 Å². The lowest BCUT2D eigenvalue weighted by Gasteiger charge is -2.19. The zero-order chi connectivity index (χ0) is 14.7. The summed E-state index contributed by atoms with van der Waals surface area (Å²) in [5, 5.41) is 3.39. The van der Waals surface area contributed by atoms with Gasteiger partial charge in [-0.2, -0.15) is 0 Å². The van der Waals surface area contributed by atoms with Gasteiger partial charge >= 0.3 is 0 Å². The highest BCUT2D eigenvalue weighted by atomic mass is 32.1. The first-order valence-corrected chi connectivity index (χ1v) is 7.59. The van der Waals surface area contributed by atoms with Crippen LogP contribution in [0.25, 0.3) is 0 Å². The molecule has 4 heteroatoms. The minimum atomic E-state index is -0.533. The molecule has 1 aromatic heterocycles. The van der Waals surface area contributed by atoms with Gasteiger partial charge in [0.15, 0.2) is 0 Å². The highest BCUT2D eigenvalue weighted by Gasteiger charge is 2.19. The summed E-state index contributed by atoms with van der Waals surface area (Å²) < 4.78 is 26.9. The Kier molecular flexibility index (Phi) is 4.89. The summed E-state index contributed by atoms with van der Waals surface area (Å²) in [7, 11) is 0. The van der Waals surface area contributed by atoms with Crippen molar-refractivity contribution in [2.24, 2.45) is 0 Å². The van der Waals surface area contributed by atoms with E-state index in [9.17, 15) is 8.78 Å². The second-order valence-corrected chi connectivity index (χ2v) is 6.28. The second-order valence-electron chi connectivity index (χ2n) is 4.99. The van der Waals surface area contributed by atoms with E-state index in [1.54, 1.807) is 11.3 Å². The van der Waals surface area contributed by atoms with Crippen molar-refractivity contribution < 1.29 is 8.78 Å². The molecule has 0 aliphatic carbocycles. The summed E-state index contributed by atoms with van der Waals surface area (Å²) in [6.45, 7) is 6.96. The summed E-state index contributed by atoms with van der Waals surface area (Å²) in [6, 6.07) is 5.68.